The van der Waals surface area contributed by atoms with Gasteiger partial charge in [0.25, 0.3) is 0 Å². The van der Waals surface area contributed by atoms with Crippen LogP contribution in [0.4, 0.5) is 4.39 Å². The van der Waals surface area contributed by atoms with Gasteiger partial charge in [0.05, 0.1) is 11.9 Å². The highest BCUT2D eigenvalue weighted by molar-refractivity contribution is 6.21. The molecule has 1 aliphatic heterocycles. The average molecular weight is 330 g/mol. The van der Waals surface area contributed by atoms with E-state index in [0.717, 1.165) is 50.7 Å². The third-order valence-corrected chi connectivity index (χ3v) is 6.06. The minimum Gasteiger partial charge on any atom is -0.355 e. The van der Waals surface area contributed by atoms with Crippen molar-refractivity contribution in [1.82, 2.24) is 10.6 Å². The number of hydrogen-bond acceptors (Lipinski definition) is 3. The third kappa shape index (κ3) is 4.06. The molecule has 0 saturated heterocycles. The van der Waals surface area contributed by atoms with Gasteiger partial charge < -0.3 is 10.6 Å². The molecule has 0 spiro atoms. The van der Waals surface area contributed by atoms with Gasteiger partial charge in [0.15, 0.2) is 5.96 Å². The summed E-state index contributed by atoms with van der Waals surface area (Å²) < 4.78 is 14.7. The lowest BCUT2D eigenvalue weighted by Gasteiger charge is -2.38. The number of halogens is 2. The standard InChI is InChI=1S/C17H29ClFN3/c18-14-8-4-7-13(16(14)19)15(22-17-20-9-10-21-17)11-12-5-2-1-3-6-12/h12-16H,1-11H2,(H2,20,21,22). The minimum absolute atomic E-state index is 0.0308. The molecule has 0 aromatic heterocycles. The summed E-state index contributed by atoms with van der Waals surface area (Å²) in [5.41, 5.74) is 0. The van der Waals surface area contributed by atoms with Crippen molar-refractivity contribution in [1.29, 1.82) is 0 Å². The summed E-state index contributed by atoms with van der Waals surface area (Å²) in [7, 11) is 0. The first-order valence-electron chi connectivity index (χ1n) is 9.07. The largest absolute Gasteiger partial charge is 0.355 e. The number of aliphatic imine (C=N–C) groups is 1. The number of guanidine groups is 1. The molecule has 2 N–H and O–H groups in total. The lowest BCUT2D eigenvalue weighted by Crippen LogP contribution is -2.50. The molecule has 3 rings (SSSR count). The minimum atomic E-state index is -0.890. The maximum absolute atomic E-state index is 14.7. The fourth-order valence-corrected chi connectivity index (χ4v) is 4.69. The fraction of sp³-hybridized carbons (Fsp3) is 0.941. The molecule has 3 aliphatic rings. The first-order chi connectivity index (χ1) is 10.7. The normalized spacial score (nSPS) is 34.8. The molecule has 0 bridgehead atoms. The van der Waals surface area contributed by atoms with Crippen LogP contribution in [0, 0.1) is 11.8 Å². The van der Waals surface area contributed by atoms with Crippen LogP contribution in [0.25, 0.3) is 0 Å². The summed E-state index contributed by atoms with van der Waals surface area (Å²) in [4.78, 5) is 4.45. The Morgan fingerprint density at radius 3 is 2.73 bits per heavy atom. The van der Waals surface area contributed by atoms with E-state index in [1.54, 1.807) is 0 Å². The summed E-state index contributed by atoms with van der Waals surface area (Å²) in [5.74, 6) is 1.63. The van der Waals surface area contributed by atoms with Gasteiger partial charge >= 0.3 is 0 Å². The van der Waals surface area contributed by atoms with Crippen LogP contribution in [-0.2, 0) is 0 Å². The van der Waals surface area contributed by atoms with E-state index in [9.17, 15) is 4.39 Å². The van der Waals surface area contributed by atoms with Gasteiger partial charge in [0, 0.05) is 18.5 Å². The lowest BCUT2D eigenvalue weighted by molar-refractivity contribution is 0.124. The predicted molar refractivity (Wildman–Crippen MR) is 90.3 cm³/mol. The van der Waals surface area contributed by atoms with E-state index in [4.69, 9.17) is 11.6 Å². The zero-order chi connectivity index (χ0) is 15.4. The van der Waals surface area contributed by atoms with Crippen LogP contribution in [0.3, 0.4) is 0 Å². The zero-order valence-electron chi connectivity index (χ0n) is 13.4. The summed E-state index contributed by atoms with van der Waals surface area (Å²) >= 11 is 6.22. The Morgan fingerprint density at radius 1 is 1.18 bits per heavy atom. The Bertz CT molecular complexity index is 384. The number of hydrogen-bond donors (Lipinski definition) is 2. The monoisotopic (exact) mass is 329 g/mol. The fourth-order valence-electron chi connectivity index (χ4n) is 4.35. The van der Waals surface area contributed by atoms with E-state index in [1.807, 2.05) is 0 Å². The van der Waals surface area contributed by atoms with Crippen molar-refractivity contribution >= 4 is 17.6 Å². The second-order valence-electron chi connectivity index (χ2n) is 7.20. The van der Waals surface area contributed by atoms with Crippen LogP contribution in [-0.4, -0.2) is 36.6 Å². The number of nitrogens with one attached hydrogen (secondary N) is 2. The molecule has 0 amide bonds. The van der Waals surface area contributed by atoms with E-state index in [-0.39, 0.29) is 17.3 Å². The van der Waals surface area contributed by atoms with E-state index in [1.165, 1.54) is 32.1 Å². The van der Waals surface area contributed by atoms with Gasteiger partial charge in [-0.25, -0.2) is 4.39 Å². The molecule has 2 saturated carbocycles. The van der Waals surface area contributed by atoms with Gasteiger partial charge in [-0.3, -0.25) is 4.99 Å². The van der Waals surface area contributed by atoms with Crippen molar-refractivity contribution in [3.8, 4) is 0 Å². The van der Waals surface area contributed by atoms with Gasteiger partial charge in [0.1, 0.15) is 6.17 Å². The Kier molecular flexibility index (Phi) is 5.83. The van der Waals surface area contributed by atoms with E-state index >= 15 is 0 Å². The molecule has 0 aromatic rings. The molecular weight excluding hydrogens is 301 g/mol. The first kappa shape index (κ1) is 16.4. The molecule has 2 aliphatic carbocycles. The Labute approximate surface area is 138 Å². The highest BCUT2D eigenvalue weighted by Gasteiger charge is 2.38. The molecule has 0 radical (unpaired) electrons. The molecule has 22 heavy (non-hydrogen) atoms. The second kappa shape index (κ2) is 7.85. The lowest BCUT2D eigenvalue weighted by atomic mass is 9.76. The number of nitrogens with zero attached hydrogens (tertiary/aromatic N) is 1. The van der Waals surface area contributed by atoms with Gasteiger partial charge in [-0.15, -0.1) is 11.6 Å². The molecule has 3 nitrogen and oxygen atoms in total. The highest BCUT2D eigenvalue weighted by atomic mass is 35.5. The van der Waals surface area contributed by atoms with Crippen molar-refractivity contribution < 1.29 is 4.39 Å². The van der Waals surface area contributed by atoms with Crippen LogP contribution in [0.2, 0.25) is 0 Å². The molecule has 1 heterocycles. The second-order valence-corrected chi connectivity index (χ2v) is 7.76. The van der Waals surface area contributed by atoms with Crippen molar-refractivity contribution in [3.63, 3.8) is 0 Å². The quantitative estimate of drug-likeness (QED) is 0.773. The SMILES string of the molecule is FC1C(Cl)CCCC1C(CC1CCCCC1)NC1=NCCN1. The van der Waals surface area contributed by atoms with Gasteiger partial charge in [-0.1, -0.05) is 38.5 Å². The smallest absolute Gasteiger partial charge is 0.191 e. The maximum Gasteiger partial charge on any atom is 0.191 e. The average Bonchev–Trinajstić information content (AvgIpc) is 3.03. The Morgan fingerprint density at radius 2 is 2.00 bits per heavy atom. The summed E-state index contributed by atoms with van der Waals surface area (Å²) in [6.07, 6.45) is 9.60. The Hall–Kier alpha value is -0.510. The van der Waals surface area contributed by atoms with Crippen LogP contribution >= 0.6 is 11.6 Å². The highest BCUT2D eigenvalue weighted by Crippen LogP contribution is 2.37. The zero-order valence-corrected chi connectivity index (χ0v) is 14.1. The molecule has 0 aromatic carbocycles. The topological polar surface area (TPSA) is 36.4 Å². The van der Waals surface area contributed by atoms with Gasteiger partial charge in [-0.05, 0) is 25.2 Å². The van der Waals surface area contributed by atoms with Crippen molar-refractivity contribution in [3.05, 3.63) is 0 Å². The molecule has 5 heteroatoms. The molecule has 4 unspecified atom stereocenters. The van der Waals surface area contributed by atoms with Crippen LogP contribution in [0.5, 0.6) is 0 Å². The van der Waals surface area contributed by atoms with Gasteiger partial charge in [0.2, 0.25) is 0 Å². The summed E-state index contributed by atoms with van der Waals surface area (Å²) in [6.45, 7) is 1.71. The van der Waals surface area contributed by atoms with Crippen molar-refractivity contribution in [2.75, 3.05) is 13.1 Å². The predicted octanol–water partition coefficient (Wildman–Crippen LogP) is 3.62. The van der Waals surface area contributed by atoms with E-state index in [2.05, 4.69) is 15.6 Å². The Balaban J connectivity index is 1.66. The number of rotatable bonds is 4. The van der Waals surface area contributed by atoms with Crippen LogP contribution < -0.4 is 10.6 Å². The molecule has 126 valence electrons. The van der Waals surface area contributed by atoms with Crippen molar-refractivity contribution in [2.45, 2.75) is 75.4 Å². The van der Waals surface area contributed by atoms with Crippen LogP contribution in [0.1, 0.15) is 57.8 Å². The molecule has 2 fully saturated rings. The summed E-state index contributed by atoms with van der Waals surface area (Å²) in [5, 5.41) is 6.48. The number of alkyl halides is 2. The maximum atomic E-state index is 14.7. The molecular formula is C17H29ClFN3. The van der Waals surface area contributed by atoms with Gasteiger partial charge in [-0.2, -0.15) is 0 Å². The van der Waals surface area contributed by atoms with E-state index < -0.39 is 6.17 Å². The first-order valence-corrected chi connectivity index (χ1v) is 9.50. The summed E-state index contributed by atoms with van der Waals surface area (Å²) in [6, 6.07) is 0.170. The van der Waals surface area contributed by atoms with Crippen molar-refractivity contribution in [2.24, 2.45) is 16.8 Å². The third-order valence-electron chi connectivity index (χ3n) is 5.60. The van der Waals surface area contributed by atoms with Crippen LogP contribution in [0.15, 0.2) is 4.99 Å². The molecule has 4 atom stereocenters. The van der Waals surface area contributed by atoms with E-state index in [0.29, 0.717) is 0 Å².